The lowest BCUT2D eigenvalue weighted by Gasteiger charge is -2.03. The van der Waals surface area contributed by atoms with Crippen molar-refractivity contribution >= 4 is 5.78 Å². The number of hydrogen-bond acceptors (Lipinski definition) is 3. The van der Waals surface area contributed by atoms with E-state index in [0.29, 0.717) is 12.2 Å². The number of Topliss-reactive ketones (excluding diaryl/α,β-unsaturated/α-hetero) is 1. The molecule has 0 aliphatic heterocycles. The number of benzene rings is 1. The van der Waals surface area contributed by atoms with Crippen molar-refractivity contribution in [3.05, 3.63) is 48.3 Å². The summed E-state index contributed by atoms with van der Waals surface area (Å²) in [6, 6.07) is 11.1. The second-order valence-electron chi connectivity index (χ2n) is 3.80. The molecular formula is C13H14N2O2. The number of aryl methyl sites for hydroxylation is 1. The zero-order valence-corrected chi connectivity index (χ0v) is 9.67. The van der Waals surface area contributed by atoms with Crippen molar-refractivity contribution in [1.82, 2.24) is 9.78 Å². The van der Waals surface area contributed by atoms with Gasteiger partial charge in [-0.3, -0.25) is 9.48 Å². The number of rotatable bonds is 5. The van der Waals surface area contributed by atoms with Crippen LogP contribution < -0.4 is 4.74 Å². The fourth-order valence-electron chi connectivity index (χ4n) is 1.49. The van der Waals surface area contributed by atoms with Crippen LogP contribution in [-0.2, 0) is 18.3 Å². The van der Waals surface area contributed by atoms with E-state index >= 15 is 0 Å². The van der Waals surface area contributed by atoms with E-state index in [1.807, 2.05) is 49.6 Å². The van der Waals surface area contributed by atoms with Crippen molar-refractivity contribution in [2.75, 3.05) is 6.61 Å². The molecule has 0 spiro atoms. The maximum absolute atomic E-state index is 11.6. The van der Waals surface area contributed by atoms with Gasteiger partial charge >= 0.3 is 0 Å². The van der Waals surface area contributed by atoms with Crippen LogP contribution in [0.1, 0.15) is 5.69 Å². The third kappa shape index (κ3) is 3.45. The fourth-order valence-corrected chi connectivity index (χ4v) is 1.49. The number of para-hydroxylation sites is 1. The molecule has 2 rings (SSSR count). The highest BCUT2D eigenvalue weighted by molar-refractivity contribution is 5.81. The molecule has 0 N–H and O–H groups in total. The van der Waals surface area contributed by atoms with Gasteiger partial charge in [0, 0.05) is 13.2 Å². The Labute approximate surface area is 99.8 Å². The van der Waals surface area contributed by atoms with Gasteiger partial charge in [0.1, 0.15) is 12.4 Å². The molecule has 88 valence electrons. The van der Waals surface area contributed by atoms with Gasteiger partial charge in [-0.2, -0.15) is 5.10 Å². The molecule has 17 heavy (non-hydrogen) atoms. The predicted molar refractivity (Wildman–Crippen MR) is 63.9 cm³/mol. The van der Waals surface area contributed by atoms with Crippen molar-refractivity contribution in [1.29, 1.82) is 0 Å². The van der Waals surface area contributed by atoms with E-state index in [2.05, 4.69) is 5.10 Å². The molecule has 0 amide bonds. The van der Waals surface area contributed by atoms with E-state index in [1.54, 1.807) is 4.68 Å². The molecule has 0 saturated carbocycles. The Balaban J connectivity index is 1.82. The highest BCUT2D eigenvalue weighted by atomic mass is 16.5. The minimum Gasteiger partial charge on any atom is -0.486 e. The first-order valence-corrected chi connectivity index (χ1v) is 5.42. The summed E-state index contributed by atoms with van der Waals surface area (Å²) in [7, 11) is 1.83. The average molecular weight is 230 g/mol. The highest BCUT2D eigenvalue weighted by Gasteiger charge is 2.06. The van der Waals surface area contributed by atoms with Gasteiger partial charge in [-0.25, -0.2) is 0 Å². The maximum atomic E-state index is 11.6. The second-order valence-corrected chi connectivity index (χ2v) is 3.80. The molecule has 1 heterocycles. The Morgan fingerprint density at radius 2 is 2.06 bits per heavy atom. The van der Waals surface area contributed by atoms with Gasteiger partial charge in [0.05, 0.1) is 12.1 Å². The third-order valence-electron chi connectivity index (χ3n) is 2.29. The summed E-state index contributed by atoms with van der Waals surface area (Å²) in [6.07, 6.45) is 2.13. The van der Waals surface area contributed by atoms with E-state index in [4.69, 9.17) is 4.74 Å². The van der Waals surface area contributed by atoms with E-state index in [9.17, 15) is 4.79 Å². The Bertz CT molecular complexity index is 491. The minimum atomic E-state index is 0.0209. The topological polar surface area (TPSA) is 44.1 Å². The van der Waals surface area contributed by atoms with E-state index in [1.165, 1.54) is 0 Å². The average Bonchev–Trinajstić information content (AvgIpc) is 2.73. The monoisotopic (exact) mass is 230 g/mol. The normalized spacial score (nSPS) is 10.2. The lowest BCUT2D eigenvalue weighted by molar-refractivity contribution is -0.120. The third-order valence-corrected chi connectivity index (χ3v) is 2.29. The van der Waals surface area contributed by atoms with Crippen LogP contribution in [-0.4, -0.2) is 22.2 Å². The SMILES string of the molecule is Cn1ccc(CC(=O)COc2ccccc2)n1. The fraction of sp³-hybridized carbons (Fsp3) is 0.231. The van der Waals surface area contributed by atoms with Crippen LogP contribution in [0.3, 0.4) is 0 Å². The summed E-state index contributed by atoms with van der Waals surface area (Å²) in [6.45, 7) is 0.0839. The highest BCUT2D eigenvalue weighted by Crippen LogP contribution is 2.08. The molecular weight excluding hydrogens is 216 g/mol. The molecule has 0 aliphatic rings. The van der Waals surface area contributed by atoms with Gasteiger partial charge in [-0.15, -0.1) is 0 Å². The number of hydrogen-bond donors (Lipinski definition) is 0. The number of nitrogens with zero attached hydrogens (tertiary/aromatic N) is 2. The van der Waals surface area contributed by atoms with Crippen LogP contribution in [0.25, 0.3) is 0 Å². The molecule has 1 aromatic heterocycles. The van der Waals surface area contributed by atoms with Gasteiger partial charge in [-0.1, -0.05) is 18.2 Å². The molecule has 0 radical (unpaired) electrons. The van der Waals surface area contributed by atoms with Gasteiger partial charge < -0.3 is 4.74 Å². The number of ketones is 1. The zero-order chi connectivity index (χ0) is 12.1. The Kier molecular flexibility index (Phi) is 3.55. The molecule has 4 nitrogen and oxygen atoms in total. The maximum Gasteiger partial charge on any atom is 0.176 e. The molecule has 4 heteroatoms. The molecule has 0 unspecified atom stereocenters. The van der Waals surface area contributed by atoms with Crippen LogP contribution in [0.5, 0.6) is 5.75 Å². The molecule has 2 aromatic rings. The van der Waals surface area contributed by atoms with E-state index < -0.39 is 0 Å². The smallest absolute Gasteiger partial charge is 0.176 e. The van der Waals surface area contributed by atoms with E-state index in [0.717, 1.165) is 5.69 Å². The minimum absolute atomic E-state index is 0.0209. The Morgan fingerprint density at radius 1 is 1.29 bits per heavy atom. The molecule has 1 aromatic carbocycles. The summed E-state index contributed by atoms with van der Waals surface area (Å²) < 4.78 is 7.04. The lowest BCUT2D eigenvalue weighted by atomic mass is 10.2. The van der Waals surface area contributed by atoms with Crippen LogP contribution in [0, 0.1) is 0 Å². The summed E-state index contributed by atoms with van der Waals surface area (Å²) >= 11 is 0. The summed E-state index contributed by atoms with van der Waals surface area (Å²) in [4.78, 5) is 11.6. The lowest BCUT2D eigenvalue weighted by Crippen LogP contribution is -2.14. The summed E-state index contributed by atoms with van der Waals surface area (Å²) in [5.74, 6) is 0.731. The van der Waals surface area contributed by atoms with Crippen LogP contribution in [0.15, 0.2) is 42.6 Å². The van der Waals surface area contributed by atoms with E-state index in [-0.39, 0.29) is 12.4 Å². The van der Waals surface area contributed by atoms with Crippen LogP contribution in [0.2, 0.25) is 0 Å². The van der Waals surface area contributed by atoms with Crippen molar-refractivity contribution in [3.63, 3.8) is 0 Å². The van der Waals surface area contributed by atoms with Gasteiger partial charge in [0.25, 0.3) is 0 Å². The Morgan fingerprint density at radius 3 is 2.71 bits per heavy atom. The Hall–Kier alpha value is -2.10. The molecule has 0 atom stereocenters. The number of carbonyl (C=O) groups excluding carboxylic acids is 1. The predicted octanol–water partition coefficient (Wildman–Crippen LogP) is 1.61. The van der Waals surface area contributed by atoms with Crippen molar-refractivity contribution < 1.29 is 9.53 Å². The van der Waals surface area contributed by atoms with Crippen LogP contribution in [0.4, 0.5) is 0 Å². The molecule has 0 fully saturated rings. The largest absolute Gasteiger partial charge is 0.486 e. The van der Waals surface area contributed by atoms with Gasteiger partial charge in [-0.05, 0) is 18.2 Å². The molecule has 0 aliphatic carbocycles. The van der Waals surface area contributed by atoms with Gasteiger partial charge in [0.2, 0.25) is 0 Å². The zero-order valence-electron chi connectivity index (χ0n) is 9.67. The van der Waals surface area contributed by atoms with Crippen molar-refractivity contribution in [3.8, 4) is 5.75 Å². The first-order chi connectivity index (χ1) is 8.24. The number of aromatic nitrogens is 2. The van der Waals surface area contributed by atoms with Gasteiger partial charge in [0.15, 0.2) is 5.78 Å². The summed E-state index contributed by atoms with van der Waals surface area (Å²) in [5.41, 5.74) is 0.772. The van der Waals surface area contributed by atoms with Crippen LogP contribution >= 0.6 is 0 Å². The first kappa shape index (κ1) is 11.4. The quantitative estimate of drug-likeness (QED) is 0.783. The van der Waals surface area contributed by atoms with Crippen molar-refractivity contribution in [2.24, 2.45) is 7.05 Å². The second kappa shape index (κ2) is 5.30. The number of carbonyl (C=O) groups is 1. The molecule has 0 saturated heterocycles. The summed E-state index contributed by atoms with van der Waals surface area (Å²) in [5, 5.41) is 4.15. The van der Waals surface area contributed by atoms with Crippen molar-refractivity contribution in [2.45, 2.75) is 6.42 Å². The number of ether oxygens (including phenoxy) is 1. The standard InChI is InChI=1S/C13H14N2O2/c1-15-8-7-11(14-15)9-12(16)10-17-13-5-3-2-4-6-13/h2-8H,9-10H2,1H3. The molecule has 0 bridgehead atoms. The first-order valence-electron chi connectivity index (χ1n) is 5.42.